The third kappa shape index (κ3) is 5.39. The number of nitrogens with one attached hydrogen (secondary N) is 1. The minimum atomic E-state index is -1.16. The summed E-state index contributed by atoms with van der Waals surface area (Å²) in [5.74, 6) is -1.16. The van der Waals surface area contributed by atoms with Crippen molar-refractivity contribution >= 4 is 12.0 Å². The second kappa shape index (κ2) is 8.21. The largest absolute Gasteiger partial charge is 0.480 e. The number of aryl methyl sites for hydroxylation is 1. The summed E-state index contributed by atoms with van der Waals surface area (Å²) in [6.45, 7) is 4.09. The first-order valence-corrected chi connectivity index (χ1v) is 6.79. The Kier molecular flexibility index (Phi) is 6.61. The minimum absolute atomic E-state index is 0.0265. The molecule has 1 rings (SSSR count). The summed E-state index contributed by atoms with van der Waals surface area (Å²) in [4.78, 5) is 28.9. The highest BCUT2D eigenvalue weighted by Gasteiger charge is 2.22. The van der Waals surface area contributed by atoms with Crippen molar-refractivity contribution in [3.63, 3.8) is 0 Å². The number of hydrogen-bond donors (Lipinski definition) is 3. The zero-order valence-corrected chi connectivity index (χ0v) is 12.2. The van der Waals surface area contributed by atoms with Crippen LogP contribution in [0.4, 0.5) is 4.79 Å². The van der Waals surface area contributed by atoms with Crippen LogP contribution in [-0.4, -0.2) is 51.3 Å². The maximum atomic E-state index is 12.1. The van der Waals surface area contributed by atoms with Crippen molar-refractivity contribution in [2.75, 3.05) is 13.2 Å². The van der Waals surface area contributed by atoms with Crippen molar-refractivity contribution < 1.29 is 19.8 Å². The molecule has 0 fully saturated rings. The first-order chi connectivity index (χ1) is 9.97. The van der Waals surface area contributed by atoms with Crippen LogP contribution in [0.25, 0.3) is 0 Å². The molecule has 1 unspecified atom stereocenters. The van der Waals surface area contributed by atoms with Gasteiger partial charge in [-0.1, -0.05) is 6.07 Å². The fourth-order valence-corrected chi connectivity index (χ4v) is 1.84. The molecule has 116 valence electrons. The van der Waals surface area contributed by atoms with E-state index in [9.17, 15) is 9.59 Å². The summed E-state index contributed by atoms with van der Waals surface area (Å²) in [5, 5.41) is 20.2. The van der Waals surface area contributed by atoms with Gasteiger partial charge in [0.2, 0.25) is 0 Å². The topological polar surface area (TPSA) is 103 Å². The summed E-state index contributed by atoms with van der Waals surface area (Å²) >= 11 is 0. The SMILES string of the molecule is CCN(Cc1cccc(C)n1)C(=O)NC(CCO)C(=O)O. The second-order valence-corrected chi connectivity index (χ2v) is 4.64. The standard InChI is InChI=1S/C14H21N3O4/c1-3-17(9-11-6-4-5-10(2)15-11)14(21)16-12(7-8-18)13(19)20/h4-6,12,18H,3,7-9H2,1-2H3,(H,16,21)(H,19,20). The van der Waals surface area contributed by atoms with E-state index in [-0.39, 0.29) is 13.0 Å². The number of aliphatic carboxylic acids is 1. The minimum Gasteiger partial charge on any atom is -0.480 e. The molecule has 0 saturated carbocycles. The van der Waals surface area contributed by atoms with Crippen LogP contribution >= 0.6 is 0 Å². The molecular weight excluding hydrogens is 274 g/mol. The van der Waals surface area contributed by atoms with Gasteiger partial charge in [0.05, 0.1) is 12.2 Å². The molecule has 0 spiro atoms. The summed E-state index contributed by atoms with van der Waals surface area (Å²) in [5.41, 5.74) is 1.59. The molecule has 21 heavy (non-hydrogen) atoms. The van der Waals surface area contributed by atoms with Crippen LogP contribution in [-0.2, 0) is 11.3 Å². The van der Waals surface area contributed by atoms with Crippen LogP contribution in [0, 0.1) is 6.92 Å². The predicted octanol–water partition coefficient (Wildman–Crippen LogP) is 0.757. The molecule has 0 saturated heterocycles. The van der Waals surface area contributed by atoms with Crippen LogP contribution in [0.3, 0.4) is 0 Å². The maximum absolute atomic E-state index is 12.1. The van der Waals surface area contributed by atoms with Gasteiger partial charge in [-0.3, -0.25) is 4.98 Å². The highest BCUT2D eigenvalue weighted by molar-refractivity contribution is 5.82. The Morgan fingerprint density at radius 2 is 2.14 bits per heavy atom. The van der Waals surface area contributed by atoms with E-state index in [1.54, 1.807) is 6.92 Å². The molecular formula is C14H21N3O4. The lowest BCUT2D eigenvalue weighted by Crippen LogP contribution is -2.48. The van der Waals surface area contributed by atoms with Gasteiger partial charge in [0, 0.05) is 25.3 Å². The number of pyridine rings is 1. The molecule has 1 atom stereocenters. The third-order valence-corrected chi connectivity index (χ3v) is 2.98. The summed E-state index contributed by atoms with van der Waals surface area (Å²) in [6.07, 6.45) is -0.0265. The van der Waals surface area contributed by atoms with Gasteiger partial charge < -0.3 is 20.4 Å². The molecule has 1 aromatic rings. The number of carbonyl (C=O) groups excluding carboxylic acids is 1. The van der Waals surface area contributed by atoms with Gasteiger partial charge in [-0.05, 0) is 26.0 Å². The molecule has 3 N–H and O–H groups in total. The molecule has 0 bridgehead atoms. The number of aliphatic hydroxyl groups excluding tert-OH is 1. The van der Waals surface area contributed by atoms with Crippen LogP contribution in [0.15, 0.2) is 18.2 Å². The Morgan fingerprint density at radius 1 is 1.43 bits per heavy atom. The van der Waals surface area contributed by atoms with Crippen molar-refractivity contribution in [2.24, 2.45) is 0 Å². The number of nitrogens with zero attached hydrogens (tertiary/aromatic N) is 2. The number of rotatable bonds is 7. The Morgan fingerprint density at radius 3 is 2.67 bits per heavy atom. The smallest absolute Gasteiger partial charge is 0.326 e. The van der Waals surface area contributed by atoms with E-state index in [2.05, 4.69) is 10.3 Å². The molecule has 0 aromatic carbocycles. The van der Waals surface area contributed by atoms with E-state index in [0.29, 0.717) is 13.1 Å². The summed E-state index contributed by atoms with van der Waals surface area (Å²) < 4.78 is 0. The van der Waals surface area contributed by atoms with E-state index in [4.69, 9.17) is 10.2 Å². The van der Waals surface area contributed by atoms with Crippen molar-refractivity contribution in [2.45, 2.75) is 32.9 Å². The van der Waals surface area contributed by atoms with Crippen LogP contribution < -0.4 is 5.32 Å². The summed E-state index contributed by atoms with van der Waals surface area (Å²) in [7, 11) is 0. The van der Waals surface area contributed by atoms with E-state index in [1.165, 1.54) is 4.90 Å². The van der Waals surface area contributed by atoms with Crippen LogP contribution in [0.2, 0.25) is 0 Å². The lowest BCUT2D eigenvalue weighted by atomic mass is 10.2. The van der Waals surface area contributed by atoms with E-state index >= 15 is 0 Å². The van der Waals surface area contributed by atoms with Crippen molar-refractivity contribution in [1.82, 2.24) is 15.2 Å². The molecule has 1 heterocycles. The Bertz CT molecular complexity index is 493. The van der Waals surface area contributed by atoms with Gasteiger partial charge in [0.15, 0.2) is 0 Å². The quantitative estimate of drug-likeness (QED) is 0.689. The molecule has 1 aromatic heterocycles. The van der Waals surface area contributed by atoms with Gasteiger partial charge in [-0.15, -0.1) is 0 Å². The van der Waals surface area contributed by atoms with Crippen molar-refractivity contribution in [3.05, 3.63) is 29.6 Å². The number of amides is 2. The molecule has 0 aliphatic rings. The number of carboxylic acid groups (broad SMARTS) is 1. The van der Waals surface area contributed by atoms with E-state index in [0.717, 1.165) is 11.4 Å². The first kappa shape index (κ1) is 16.9. The number of carbonyl (C=O) groups is 2. The Balaban J connectivity index is 2.70. The molecule has 7 nitrogen and oxygen atoms in total. The average molecular weight is 295 g/mol. The van der Waals surface area contributed by atoms with Gasteiger partial charge in [-0.25, -0.2) is 9.59 Å². The lowest BCUT2D eigenvalue weighted by Gasteiger charge is -2.23. The van der Waals surface area contributed by atoms with Crippen molar-refractivity contribution in [3.8, 4) is 0 Å². The highest BCUT2D eigenvalue weighted by Crippen LogP contribution is 2.04. The Labute approximate surface area is 123 Å². The predicted molar refractivity (Wildman–Crippen MR) is 76.7 cm³/mol. The average Bonchev–Trinajstić information content (AvgIpc) is 2.44. The monoisotopic (exact) mass is 295 g/mol. The molecule has 0 radical (unpaired) electrons. The normalized spacial score (nSPS) is 11.8. The van der Waals surface area contributed by atoms with E-state index in [1.807, 2.05) is 25.1 Å². The number of aromatic nitrogens is 1. The zero-order chi connectivity index (χ0) is 15.8. The number of urea groups is 1. The lowest BCUT2D eigenvalue weighted by molar-refractivity contribution is -0.139. The third-order valence-electron chi connectivity index (χ3n) is 2.98. The fraction of sp³-hybridized carbons (Fsp3) is 0.500. The van der Waals surface area contributed by atoms with Crippen molar-refractivity contribution in [1.29, 1.82) is 0 Å². The van der Waals surface area contributed by atoms with Gasteiger partial charge >= 0.3 is 12.0 Å². The summed E-state index contributed by atoms with van der Waals surface area (Å²) in [6, 6.07) is 3.95. The molecule has 0 aliphatic carbocycles. The highest BCUT2D eigenvalue weighted by atomic mass is 16.4. The second-order valence-electron chi connectivity index (χ2n) is 4.64. The molecule has 0 aliphatic heterocycles. The van der Waals surface area contributed by atoms with Crippen LogP contribution in [0.1, 0.15) is 24.7 Å². The fourth-order valence-electron chi connectivity index (χ4n) is 1.84. The van der Waals surface area contributed by atoms with Gasteiger partial charge in [0.1, 0.15) is 6.04 Å². The van der Waals surface area contributed by atoms with E-state index < -0.39 is 18.0 Å². The molecule has 2 amide bonds. The number of carboxylic acids is 1. The Hall–Kier alpha value is -2.15. The van der Waals surface area contributed by atoms with Gasteiger partial charge in [0.25, 0.3) is 0 Å². The number of aliphatic hydroxyl groups is 1. The number of hydrogen-bond acceptors (Lipinski definition) is 4. The van der Waals surface area contributed by atoms with Gasteiger partial charge in [-0.2, -0.15) is 0 Å². The zero-order valence-electron chi connectivity index (χ0n) is 12.2. The maximum Gasteiger partial charge on any atom is 0.326 e. The van der Waals surface area contributed by atoms with Crippen LogP contribution in [0.5, 0.6) is 0 Å². The first-order valence-electron chi connectivity index (χ1n) is 6.79. The molecule has 7 heteroatoms.